The van der Waals surface area contributed by atoms with E-state index in [2.05, 4.69) is 15.2 Å². The van der Waals surface area contributed by atoms with Crippen molar-refractivity contribution in [1.29, 1.82) is 0 Å². The number of carbonyl (C=O) groups excluding carboxylic acids is 1. The Balaban J connectivity index is 1.41. The lowest BCUT2D eigenvalue weighted by atomic mass is 10.2. The third-order valence-electron chi connectivity index (χ3n) is 5.25. The van der Waals surface area contributed by atoms with E-state index < -0.39 is 0 Å². The molecule has 0 radical (unpaired) electrons. The summed E-state index contributed by atoms with van der Waals surface area (Å²) in [6, 6.07) is 17.4. The largest absolute Gasteiger partial charge is 0.447 e. The van der Waals surface area contributed by atoms with Gasteiger partial charge in [-0.3, -0.25) is 9.36 Å². The van der Waals surface area contributed by atoms with E-state index in [1.54, 1.807) is 0 Å². The van der Waals surface area contributed by atoms with Crippen LogP contribution < -0.4 is 0 Å². The van der Waals surface area contributed by atoms with Crippen LogP contribution in [0.1, 0.15) is 29.2 Å². The van der Waals surface area contributed by atoms with Crippen LogP contribution in [0.4, 0.5) is 0 Å². The summed E-state index contributed by atoms with van der Waals surface area (Å²) >= 11 is 7.88. The highest BCUT2D eigenvalue weighted by Crippen LogP contribution is 2.32. The van der Waals surface area contributed by atoms with Gasteiger partial charge in [0.1, 0.15) is 6.26 Å². The second-order valence-corrected chi connectivity index (χ2v) is 8.72. The second kappa shape index (κ2) is 9.18. The van der Waals surface area contributed by atoms with Gasteiger partial charge in [0.25, 0.3) is 5.91 Å². The molecule has 5 rings (SSSR count). The molecule has 9 heteroatoms. The molecule has 2 aromatic carbocycles. The maximum absolute atomic E-state index is 12.5. The molecule has 2 aromatic heterocycles. The van der Waals surface area contributed by atoms with E-state index in [1.807, 2.05) is 64.1 Å². The minimum Gasteiger partial charge on any atom is -0.447 e. The van der Waals surface area contributed by atoms with Gasteiger partial charge in [0.2, 0.25) is 5.89 Å². The quantitative estimate of drug-likeness (QED) is 0.368. The molecule has 0 spiro atoms. The molecule has 0 aliphatic carbocycles. The van der Waals surface area contributed by atoms with E-state index in [1.165, 1.54) is 18.0 Å². The number of rotatable bonds is 6. The maximum atomic E-state index is 12.5. The fourth-order valence-electron chi connectivity index (χ4n) is 3.67. The summed E-state index contributed by atoms with van der Waals surface area (Å²) in [5.74, 6) is 1.47. The number of carbonyl (C=O) groups is 1. The zero-order valence-electron chi connectivity index (χ0n) is 17.1. The number of oxazole rings is 1. The Kier molecular flexibility index (Phi) is 5.96. The minimum atomic E-state index is -0.0732. The van der Waals surface area contributed by atoms with Crippen LogP contribution in [0.5, 0.6) is 0 Å². The highest BCUT2D eigenvalue weighted by atomic mass is 35.5. The van der Waals surface area contributed by atoms with Crippen LogP contribution in [0.2, 0.25) is 5.02 Å². The molecule has 1 fully saturated rings. The molecule has 7 nitrogen and oxygen atoms in total. The summed E-state index contributed by atoms with van der Waals surface area (Å²) in [7, 11) is 0. The smallest absolute Gasteiger partial charge is 0.275 e. The fourth-order valence-corrected chi connectivity index (χ4v) is 4.70. The molecular weight excluding hydrogens is 446 g/mol. The number of thioether (sulfide) groups is 1. The number of hydrogen-bond donors (Lipinski definition) is 0. The first-order valence-corrected chi connectivity index (χ1v) is 11.7. The average molecular weight is 466 g/mol. The van der Waals surface area contributed by atoms with Crippen molar-refractivity contribution in [3.05, 3.63) is 77.5 Å². The number of benzene rings is 2. The standard InChI is InChI=1S/C23H20ClN5O2S/c24-18-11-5-4-10-17(18)21-26-27-23(29(21)16-8-2-1-3-9-16)32-15-20-25-19(14-31-20)22(30)28-12-6-7-13-28/h1-5,8-11,14H,6-7,12-13,15H2. The average Bonchev–Trinajstić information content (AvgIpc) is 3.59. The Morgan fingerprint density at radius 1 is 1.03 bits per heavy atom. The SMILES string of the molecule is O=C(c1coc(CSc2nnc(-c3ccccc3Cl)n2-c2ccccc2)n1)N1CCCC1. The summed E-state index contributed by atoms with van der Waals surface area (Å²) in [5, 5.41) is 10.1. The van der Waals surface area contributed by atoms with Gasteiger partial charge in [-0.25, -0.2) is 4.98 Å². The van der Waals surface area contributed by atoms with Gasteiger partial charge < -0.3 is 9.32 Å². The molecule has 162 valence electrons. The Labute approximate surface area is 194 Å². The summed E-state index contributed by atoms with van der Waals surface area (Å²) < 4.78 is 7.53. The number of nitrogens with zero attached hydrogens (tertiary/aromatic N) is 5. The molecule has 0 atom stereocenters. The molecule has 1 aliphatic heterocycles. The minimum absolute atomic E-state index is 0.0732. The van der Waals surface area contributed by atoms with Crippen molar-refractivity contribution in [3.63, 3.8) is 0 Å². The van der Waals surface area contributed by atoms with E-state index in [9.17, 15) is 4.79 Å². The predicted octanol–water partition coefficient (Wildman–Crippen LogP) is 5.10. The summed E-state index contributed by atoms with van der Waals surface area (Å²) in [5.41, 5.74) is 2.07. The van der Waals surface area contributed by atoms with Crippen LogP contribution >= 0.6 is 23.4 Å². The third-order valence-corrected chi connectivity index (χ3v) is 6.49. The van der Waals surface area contributed by atoms with Gasteiger partial charge in [0.05, 0.1) is 10.8 Å². The molecule has 3 heterocycles. The lowest BCUT2D eigenvalue weighted by molar-refractivity contribution is 0.0787. The zero-order valence-corrected chi connectivity index (χ0v) is 18.7. The number of para-hydroxylation sites is 1. The first-order chi connectivity index (χ1) is 15.7. The molecule has 32 heavy (non-hydrogen) atoms. The summed E-state index contributed by atoms with van der Waals surface area (Å²) in [6.07, 6.45) is 3.51. The number of hydrogen-bond acceptors (Lipinski definition) is 6. The summed E-state index contributed by atoms with van der Waals surface area (Å²) in [4.78, 5) is 18.7. The van der Waals surface area contributed by atoms with E-state index in [-0.39, 0.29) is 5.91 Å². The normalized spacial score (nSPS) is 13.6. The molecule has 0 bridgehead atoms. The summed E-state index contributed by atoms with van der Waals surface area (Å²) in [6.45, 7) is 1.56. The lowest BCUT2D eigenvalue weighted by Gasteiger charge is -2.12. The van der Waals surface area contributed by atoms with Gasteiger partial charge in [0.15, 0.2) is 16.7 Å². The Morgan fingerprint density at radius 2 is 1.78 bits per heavy atom. The number of likely N-dealkylation sites (tertiary alicyclic amines) is 1. The van der Waals surface area contributed by atoms with E-state index in [4.69, 9.17) is 16.0 Å². The van der Waals surface area contributed by atoms with Crippen LogP contribution in [0.25, 0.3) is 17.1 Å². The van der Waals surface area contributed by atoms with Crippen molar-refractivity contribution in [3.8, 4) is 17.1 Å². The van der Waals surface area contributed by atoms with Crippen molar-refractivity contribution in [1.82, 2.24) is 24.6 Å². The number of halogens is 1. The Morgan fingerprint density at radius 3 is 2.56 bits per heavy atom. The van der Waals surface area contributed by atoms with Gasteiger partial charge in [-0.1, -0.05) is 53.7 Å². The molecule has 4 aromatic rings. The van der Waals surface area contributed by atoms with E-state index in [0.29, 0.717) is 33.3 Å². The van der Waals surface area contributed by atoms with Crippen molar-refractivity contribution in [2.75, 3.05) is 13.1 Å². The van der Waals surface area contributed by atoms with Crippen LogP contribution in [0.3, 0.4) is 0 Å². The Hall–Kier alpha value is -3.10. The van der Waals surface area contributed by atoms with Gasteiger partial charge in [-0.2, -0.15) is 0 Å². The molecule has 1 amide bonds. The van der Waals surface area contributed by atoms with Crippen molar-refractivity contribution < 1.29 is 9.21 Å². The Bertz CT molecular complexity index is 1230. The highest BCUT2D eigenvalue weighted by molar-refractivity contribution is 7.98. The molecule has 0 unspecified atom stereocenters. The number of amides is 1. The zero-order chi connectivity index (χ0) is 21.9. The first kappa shape index (κ1) is 20.8. The van der Waals surface area contributed by atoms with Gasteiger partial charge in [-0.15, -0.1) is 10.2 Å². The molecule has 0 saturated carbocycles. The molecular formula is C23H20ClN5O2S. The fraction of sp³-hybridized carbons (Fsp3) is 0.217. The topological polar surface area (TPSA) is 77.0 Å². The van der Waals surface area contributed by atoms with E-state index >= 15 is 0 Å². The van der Waals surface area contributed by atoms with Gasteiger partial charge in [-0.05, 0) is 37.1 Å². The number of aromatic nitrogens is 4. The highest BCUT2D eigenvalue weighted by Gasteiger charge is 2.23. The molecule has 1 aliphatic rings. The van der Waals surface area contributed by atoms with Crippen LogP contribution in [-0.2, 0) is 5.75 Å². The first-order valence-electron chi connectivity index (χ1n) is 10.3. The monoisotopic (exact) mass is 465 g/mol. The predicted molar refractivity (Wildman–Crippen MR) is 123 cm³/mol. The lowest BCUT2D eigenvalue weighted by Crippen LogP contribution is -2.27. The van der Waals surface area contributed by atoms with Crippen LogP contribution in [0, 0.1) is 0 Å². The van der Waals surface area contributed by atoms with Crippen LogP contribution in [0.15, 0.2) is 70.4 Å². The third kappa shape index (κ3) is 4.16. The van der Waals surface area contributed by atoms with Crippen molar-refractivity contribution in [2.45, 2.75) is 23.8 Å². The van der Waals surface area contributed by atoms with Gasteiger partial charge in [0, 0.05) is 24.3 Å². The second-order valence-electron chi connectivity index (χ2n) is 7.37. The van der Waals surface area contributed by atoms with Crippen molar-refractivity contribution in [2.24, 2.45) is 0 Å². The molecule has 0 N–H and O–H groups in total. The molecule has 1 saturated heterocycles. The van der Waals surface area contributed by atoms with Crippen LogP contribution in [-0.4, -0.2) is 43.6 Å². The van der Waals surface area contributed by atoms with Gasteiger partial charge >= 0.3 is 0 Å². The van der Waals surface area contributed by atoms with Crippen molar-refractivity contribution >= 4 is 29.3 Å². The van der Waals surface area contributed by atoms with E-state index in [0.717, 1.165) is 37.2 Å². The maximum Gasteiger partial charge on any atom is 0.275 e.